The van der Waals surface area contributed by atoms with E-state index in [0.717, 1.165) is 6.33 Å². The van der Waals surface area contributed by atoms with E-state index in [1.165, 1.54) is 10.9 Å². The van der Waals surface area contributed by atoms with Gasteiger partial charge in [0, 0.05) is 0 Å². The van der Waals surface area contributed by atoms with Crippen LogP contribution in [0.2, 0.25) is 0 Å². The molecule has 3 heterocycles. The van der Waals surface area contributed by atoms with Crippen molar-refractivity contribution in [3.8, 4) is 0 Å². The highest BCUT2D eigenvalue weighted by molar-refractivity contribution is 7.85. The molecular weight excluding hydrogens is 413 g/mol. The van der Waals surface area contributed by atoms with Crippen LogP contribution in [-0.2, 0) is 28.2 Å². The molecule has 1 aliphatic rings. The first-order chi connectivity index (χ1) is 12.5. The molecule has 1 fully saturated rings. The maximum Gasteiger partial charge on any atom is 0.488 e. The zero-order valence-corrected chi connectivity index (χ0v) is 14.8. The number of phosphoric ester groups is 1. The normalized spacial score (nSPS) is 28.4. The van der Waals surface area contributed by atoms with Crippen molar-refractivity contribution in [1.82, 2.24) is 19.5 Å². The van der Waals surface area contributed by atoms with E-state index in [4.69, 9.17) is 15.0 Å². The molecule has 0 aliphatic carbocycles. The van der Waals surface area contributed by atoms with E-state index in [1.807, 2.05) is 0 Å². The SMILES string of the molecule is Nc1ncnc2c1ncn2[C@@H]1O[C@H](COP(=O)(O)OS(=O)(=O)O)[C@H](O)C1O. The average molecular weight is 427 g/mol. The highest BCUT2D eigenvalue weighted by atomic mass is 32.3. The van der Waals surface area contributed by atoms with Crippen molar-refractivity contribution in [3.05, 3.63) is 12.7 Å². The molecule has 5 atom stereocenters. The monoisotopic (exact) mass is 427 g/mol. The van der Waals surface area contributed by atoms with E-state index < -0.39 is 49.4 Å². The number of ether oxygens (including phenoxy) is 1. The van der Waals surface area contributed by atoms with Gasteiger partial charge in [0.25, 0.3) is 0 Å². The lowest BCUT2D eigenvalue weighted by molar-refractivity contribution is -0.0501. The first kappa shape index (κ1) is 20.0. The molecule has 15 nitrogen and oxygen atoms in total. The number of aliphatic hydroxyl groups excluding tert-OH is 2. The van der Waals surface area contributed by atoms with E-state index in [2.05, 4.69) is 23.4 Å². The summed E-state index contributed by atoms with van der Waals surface area (Å²) < 4.78 is 55.3. The van der Waals surface area contributed by atoms with Crippen molar-refractivity contribution in [1.29, 1.82) is 0 Å². The van der Waals surface area contributed by atoms with E-state index in [0.29, 0.717) is 0 Å². The van der Waals surface area contributed by atoms with Crippen LogP contribution < -0.4 is 5.73 Å². The van der Waals surface area contributed by atoms with Gasteiger partial charge in [-0.3, -0.25) is 13.6 Å². The molecule has 2 aromatic rings. The number of hydrogen-bond donors (Lipinski definition) is 5. The van der Waals surface area contributed by atoms with Crippen LogP contribution in [0.15, 0.2) is 12.7 Å². The minimum Gasteiger partial charge on any atom is -0.387 e. The molecular formula is C10H14N5O10PS. The molecule has 2 aromatic heterocycles. The van der Waals surface area contributed by atoms with Crippen LogP contribution in [0, 0.1) is 0 Å². The number of aromatic nitrogens is 4. The Morgan fingerprint density at radius 3 is 2.67 bits per heavy atom. The van der Waals surface area contributed by atoms with Crippen LogP contribution in [0.4, 0.5) is 5.82 Å². The molecule has 1 aliphatic heterocycles. The summed E-state index contributed by atoms with van der Waals surface area (Å²) in [7, 11) is -10.5. The number of nitrogen functional groups attached to an aromatic ring is 1. The van der Waals surface area contributed by atoms with Crippen LogP contribution in [0.25, 0.3) is 11.2 Å². The van der Waals surface area contributed by atoms with E-state index in [9.17, 15) is 28.1 Å². The summed E-state index contributed by atoms with van der Waals surface area (Å²) in [5.74, 6) is 0.0789. The standard InChI is InChI=1S/C10H14N5O10PS/c11-8-5-9(13-2-12-8)15(3-14-5)10-7(17)6(16)4(24-10)1-23-26(18,19)25-27(20,21)22/h2-4,6-7,10,16-17H,1H2,(H,18,19)(H2,11,12,13)(H,20,21,22)/t4-,6+,7?,10-/m1/s1. The zero-order valence-electron chi connectivity index (χ0n) is 13.1. The number of phosphoric acid groups is 1. The minimum atomic E-state index is -5.26. The molecule has 1 saturated heterocycles. The molecule has 150 valence electrons. The summed E-state index contributed by atoms with van der Waals surface area (Å²) in [6.45, 7) is -0.845. The predicted molar refractivity (Wildman–Crippen MR) is 84.1 cm³/mol. The number of nitrogens with two attached hydrogens (primary N) is 1. The second-order valence-electron chi connectivity index (χ2n) is 5.40. The lowest BCUT2D eigenvalue weighted by atomic mass is 10.1. The fourth-order valence-corrected chi connectivity index (χ4v) is 3.92. The Morgan fingerprint density at radius 2 is 2.00 bits per heavy atom. The summed E-state index contributed by atoms with van der Waals surface area (Å²) in [6.07, 6.45) is -3.29. The third-order valence-corrected chi connectivity index (χ3v) is 5.57. The van der Waals surface area contributed by atoms with Crippen LogP contribution in [0.1, 0.15) is 6.23 Å². The number of imidazole rings is 1. The van der Waals surface area contributed by atoms with E-state index >= 15 is 0 Å². The average Bonchev–Trinajstić information content (AvgIpc) is 3.07. The van der Waals surface area contributed by atoms with Crippen molar-refractivity contribution >= 4 is 35.2 Å². The summed E-state index contributed by atoms with van der Waals surface area (Å²) in [4.78, 5) is 20.9. The Morgan fingerprint density at radius 1 is 1.30 bits per heavy atom. The molecule has 2 unspecified atom stereocenters. The second kappa shape index (κ2) is 7.01. The second-order valence-corrected chi connectivity index (χ2v) is 8.04. The van der Waals surface area contributed by atoms with Crippen molar-refractivity contribution in [2.45, 2.75) is 24.5 Å². The fourth-order valence-electron chi connectivity index (χ4n) is 2.46. The van der Waals surface area contributed by atoms with Gasteiger partial charge in [-0.25, -0.2) is 19.5 Å². The Kier molecular flexibility index (Phi) is 5.19. The van der Waals surface area contributed by atoms with Gasteiger partial charge in [-0.05, 0) is 0 Å². The van der Waals surface area contributed by atoms with Crippen LogP contribution >= 0.6 is 7.82 Å². The summed E-state index contributed by atoms with van der Waals surface area (Å²) in [5.41, 5.74) is 6.08. The number of fused-ring (bicyclic) bond motifs is 1. The molecule has 0 saturated carbocycles. The van der Waals surface area contributed by atoms with Gasteiger partial charge in [0.05, 0.1) is 12.9 Å². The number of nitrogens with zero attached hydrogens (tertiary/aromatic N) is 4. The summed E-state index contributed by atoms with van der Waals surface area (Å²) >= 11 is 0. The molecule has 17 heteroatoms. The van der Waals surface area contributed by atoms with E-state index in [-0.39, 0.29) is 17.0 Å². The first-order valence-corrected chi connectivity index (χ1v) is 9.95. The lowest BCUT2D eigenvalue weighted by Crippen LogP contribution is -2.33. The smallest absolute Gasteiger partial charge is 0.387 e. The van der Waals surface area contributed by atoms with E-state index in [1.54, 1.807) is 0 Å². The topological polar surface area (TPSA) is 229 Å². The summed E-state index contributed by atoms with van der Waals surface area (Å²) in [5, 5.41) is 20.2. The Bertz CT molecular complexity index is 997. The van der Waals surface area contributed by atoms with Crippen LogP contribution in [0.3, 0.4) is 0 Å². The maximum atomic E-state index is 11.4. The number of aliphatic hydroxyl groups is 2. The van der Waals surface area contributed by atoms with Gasteiger partial charge >= 0.3 is 18.2 Å². The Balaban J connectivity index is 1.76. The highest BCUT2D eigenvalue weighted by Crippen LogP contribution is 2.45. The van der Waals surface area contributed by atoms with Gasteiger partial charge in [-0.1, -0.05) is 0 Å². The molecule has 6 N–H and O–H groups in total. The first-order valence-electron chi connectivity index (χ1n) is 7.09. The quantitative estimate of drug-likeness (QED) is 0.247. The minimum absolute atomic E-state index is 0.0789. The zero-order chi connectivity index (χ0) is 20.0. The van der Waals surface area contributed by atoms with Crippen molar-refractivity contribution in [2.24, 2.45) is 0 Å². The maximum absolute atomic E-state index is 11.4. The van der Waals surface area contributed by atoms with Crippen molar-refractivity contribution in [3.63, 3.8) is 0 Å². The van der Waals surface area contributed by atoms with Crippen LogP contribution in [-0.4, -0.2) is 72.5 Å². The molecule has 0 aromatic carbocycles. The fraction of sp³-hybridized carbons (Fsp3) is 0.500. The Hall–Kier alpha value is -1.75. The van der Waals surface area contributed by atoms with Gasteiger partial charge < -0.3 is 25.6 Å². The molecule has 3 rings (SSSR count). The van der Waals surface area contributed by atoms with Crippen molar-refractivity contribution in [2.75, 3.05) is 12.3 Å². The van der Waals surface area contributed by atoms with Gasteiger partial charge in [0.15, 0.2) is 17.7 Å². The van der Waals surface area contributed by atoms with Gasteiger partial charge in [-0.2, -0.15) is 8.42 Å². The molecule has 0 amide bonds. The van der Waals surface area contributed by atoms with Gasteiger partial charge in [0.2, 0.25) is 0 Å². The highest BCUT2D eigenvalue weighted by Gasteiger charge is 2.45. The number of hydrogen-bond acceptors (Lipinski definition) is 12. The van der Waals surface area contributed by atoms with Crippen LogP contribution in [0.5, 0.6) is 0 Å². The van der Waals surface area contributed by atoms with Gasteiger partial charge in [0.1, 0.15) is 30.2 Å². The number of rotatable bonds is 6. The molecule has 0 spiro atoms. The van der Waals surface area contributed by atoms with Crippen molar-refractivity contribution < 1.29 is 45.9 Å². The third-order valence-electron chi connectivity index (χ3n) is 3.59. The molecule has 0 bridgehead atoms. The largest absolute Gasteiger partial charge is 0.488 e. The predicted octanol–water partition coefficient (Wildman–Crippen LogP) is -2.04. The van der Waals surface area contributed by atoms with Gasteiger partial charge in [-0.15, -0.1) is 3.97 Å². The Labute approximate surface area is 150 Å². The molecule has 27 heavy (non-hydrogen) atoms. The number of anilines is 1. The third kappa shape index (κ3) is 4.23. The summed E-state index contributed by atoms with van der Waals surface area (Å²) in [6, 6.07) is 0. The lowest BCUT2D eigenvalue weighted by Gasteiger charge is -2.16. The molecule has 0 radical (unpaired) electrons.